The maximum Gasteiger partial charge on any atom is 0.222 e. The SMILES string of the molecule is [Cl][Ru-]([Cl])([Cl])[Cl].c1csc[nH+]1.c1cscn1.c1cscn1. The van der Waals surface area contributed by atoms with Gasteiger partial charge in [0.2, 0.25) is 5.51 Å². The van der Waals surface area contributed by atoms with Crippen LogP contribution in [0.3, 0.4) is 0 Å². The Morgan fingerprint density at radius 1 is 0.800 bits per heavy atom. The molecule has 115 valence electrons. The molecule has 0 aliphatic heterocycles. The maximum absolute atomic E-state index is 5.00. The molecule has 3 aromatic heterocycles. The second kappa shape index (κ2) is 14.6. The van der Waals surface area contributed by atoms with Gasteiger partial charge in [-0.1, -0.05) is 11.3 Å². The van der Waals surface area contributed by atoms with Crippen molar-refractivity contribution in [2.45, 2.75) is 0 Å². The molecule has 0 radical (unpaired) electrons. The van der Waals surface area contributed by atoms with Gasteiger partial charge in [-0.3, -0.25) is 9.97 Å². The first-order valence-electron chi connectivity index (χ1n) is 4.56. The summed E-state index contributed by atoms with van der Waals surface area (Å²) in [5.74, 6) is 0. The summed E-state index contributed by atoms with van der Waals surface area (Å²) in [5.41, 5.74) is 5.50. The molecule has 0 bridgehead atoms. The Kier molecular flexibility index (Phi) is 15.1. The molecule has 1 N–H and O–H groups in total. The van der Waals surface area contributed by atoms with E-state index in [0.717, 1.165) is 0 Å². The number of aromatic amines is 1. The van der Waals surface area contributed by atoms with E-state index in [0.29, 0.717) is 0 Å². The van der Waals surface area contributed by atoms with Gasteiger partial charge in [0, 0.05) is 23.2 Å². The van der Waals surface area contributed by atoms with Crippen molar-refractivity contribution in [1.29, 1.82) is 0 Å². The minimum atomic E-state index is -2.97. The number of nitrogens with zero attached hydrogens (tertiary/aromatic N) is 2. The van der Waals surface area contributed by atoms with Crippen LogP contribution in [0.4, 0.5) is 0 Å². The van der Waals surface area contributed by atoms with E-state index in [4.69, 9.17) is 38.8 Å². The summed E-state index contributed by atoms with van der Waals surface area (Å²) in [7, 11) is 17.0. The minimum Gasteiger partial charge on any atom is -0.253 e. The molecule has 0 unspecified atom stereocenters. The van der Waals surface area contributed by atoms with Gasteiger partial charge in [0.1, 0.15) is 0 Å². The molecule has 0 aromatic carbocycles. The van der Waals surface area contributed by atoms with Gasteiger partial charge in [-0.05, 0) is 0 Å². The van der Waals surface area contributed by atoms with E-state index in [9.17, 15) is 0 Å². The summed E-state index contributed by atoms with van der Waals surface area (Å²) in [5, 5.41) is 5.85. The van der Waals surface area contributed by atoms with Gasteiger partial charge in [-0.15, -0.1) is 22.7 Å². The number of H-pyrrole nitrogens is 1. The molecule has 3 heterocycles. The van der Waals surface area contributed by atoms with E-state index < -0.39 is 10.8 Å². The van der Waals surface area contributed by atoms with Crippen LogP contribution in [0.5, 0.6) is 0 Å². The van der Waals surface area contributed by atoms with Crippen LogP contribution < -0.4 is 4.98 Å². The van der Waals surface area contributed by atoms with Crippen LogP contribution in [-0.2, 0) is 10.8 Å². The summed E-state index contributed by atoms with van der Waals surface area (Å²) in [6, 6.07) is 0. The van der Waals surface area contributed by atoms with Gasteiger partial charge in [0.25, 0.3) is 0 Å². The standard InChI is InChI=1S/3C3H3NS.4ClH.Ru/c3*1-2-5-3-4-1;;;;;/h3*1-3H;4*1H;/q;;;;;;;+3/p-3. The predicted octanol–water partition coefficient (Wildman–Crippen LogP) is 5.60. The fourth-order valence-corrected chi connectivity index (χ4v) is 1.64. The number of hydrogen-bond acceptors (Lipinski definition) is 5. The van der Waals surface area contributed by atoms with E-state index in [1.807, 2.05) is 27.8 Å². The van der Waals surface area contributed by atoms with Gasteiger partial charge in [0.15, 0.2) is 6.20 Å². The van der Waals surface area contributed by atoms with Gasteiger partial charge >= 0.3 is 49.6 Å². The predicted molar refractivity (Wildman–Crippen MR) is 88.5 cm³/mol. The van der Waals surface area contributed by atoms with E-state index in [1.54, 1.807) is 57.4 Å². The molecule has 11 heteroatoms. The van der Waals surface area contributed by atoms with Gasteiger partial charge < -0.3 is 0 Å². The quantitative estimate of drug-likeness (QED) is 0.378. The van der Waals surface area contributed by atoms with Crippen molar-refractivity contribution < 1.29 is 15.8 Å². The second-order valence-electron chi connectivity index (χ2n) is 2.38. The van der Waals surface area contributed by atoms with Crippen molar-refractivity contribution >= 4 is 72.8 Å². The molecular formula is C9H10Cl4N3RuS3. The Labute approximate surface area is 148 Å². The van der Waals surface area contributed by atoms with Crippen LogP contribution in [0.15, 0.2) is 51.3 Å². The zero-order valence-electron chi connectivity index (χ0n) is 9.68. The third kappa shape index (κ3) is 23.7. The van der Waals surface area contributed by atoms with Crippen molar-refractivity contribution in [3.05, 3.63) is 51.3 Å². The average molecular weight is 499 g/mol. The molecule has 0 saturated carbocycles. The fourth-order valence-electron chi connectivity index (χ4n) is 0.548. The smallest absolute Gasteiger partial charge is 0.222 e. The Morgan fingerprint density at radius 2 is 1.30 bits per heavy atom. The third-order valence-corrected chi connectivity index (χ3v) is 2.68. The first-order chi connectivity index (χ1) is 9.50. The summed E-state index contributed by atoms with van der Waals surface area (Å²) in [4.78, 5) is 10.4. The number of thiazole rings is 3. The Balaban J connectivity index is 0.000000241. The van der Waals surface area contributed by atoms with E-state index in [2.05, 4.69) is 15.0 Å². The van der Waals surface area contributed by atoms with Gasteiger partial charge in [0.05, 0.1) is 16.4 Å². The molecule has 0 fully saturated rings. The number of halogens is 4. The van der Waals surface area contributed by atoms with Crippen molar-refractivity contribution in [1.82, 2.24) is 9.97 Å². The number of nitrogens with one attached hydrogen (secondary N) is 1. The Morgan fingerprint density at radius 3 is 1.40 bits per heavy atom. The number of aromatic nitrogens is 3. The van der Waals surface area contributed by atoms with Crippen LogP contribution in [0.25, 0.3) is 0 Å². The normalized spacial score (nSPS) is 9.80. The Bertz CT molecular complexity index is 339. The van der Waals surface area contributed by atoms with E-state index in [1.165, 1.54) is 0 Å². The molecule has 0 aliphatic carbocycles. The van der Waals surface area contributed by atoms with Crippen molar-refractivity contribution in [2.24, 2.45) is 0 Å². The third-order valence-electron chi connectivity index (χ3n) is 1.07. The molecule has 0 amide bonds. The summed E-state index contributed by atoms with van der Waals surface area (Å²) in [6.45, 7) is 0. The van der Waals surface area contributed by atoms with Crippen molar-refractivity contribution in [2.75, 3.05) is 0 Å². The second-order valence-corrected chi connectivity index (χ2v) is 20.5. The van der Waals surface area contributed by atoms with Crippen LogP contribution in [0.1, 0.15) is 0 Å². The molecule has 20 heavy (non-hydrogen) atoms. The molecule has 3 rings (SSSR count). The van der Waals surface area contributed by atoms with Crippen molar-refractivity contribution in [3.8, 4) is 0 Å². The van der Waals surface area contributed by atoms with Gasteiger partial charge in [-0.25, -0.2) is 4.98 Å². The summed E-state index contributed by atoms with van der Waals surface area (Å²) < 4.78 is 0. The van der Waals surface area contributed by atoms with Crippen molar-refractivity contribution in [3.63, 3.8) is 0 Å². The molecule has 3 nitrogen and oxygen atoms in total. The molecule has 0 atom stereocenters. The molecular weight excluding hydrogens is 489 g/mol. The first kappa shape index (κ1) is 20.7. The van der Waals surface area contributed by atoms with Gasteiger partial charge in [-0.2, -0.15) is 0 Å². The van der Waals surface area contributed by atoms with Crippen LogP contribution in [0, 0.1) is 0 Å². The summed E-state index contributed by atoms with van der Waals surface area (Å²) in [6.07, 6.45) is 5.43. The summed E-state index contributed by atoms with van der Waals surface area (Å²) >= 11 is 4.86. The zero-order valence-corrected chi connectivity index (χ0v) is 16.9. The molecule has 0 saturated heterocycles. The first-order valence-corrected chi connectivity index (χ1v) is 16.3. The largest absolute Gasteiger partial charge is 0.253 e. The van der Waals surface area contributed by atoms with Crippen LogP contribution >= 0.6 is 72.8 Å². The molecule has 0 spiro atoms. The fraction of sp³-hybridized carbons (Fsp3) is 0. The monoisotopic (exact) mass is 498 g/mol. The topological polar surface area (TPSA) is 39.9 Å². The van der Waals surface area contributed by atoms with E-state index in [-0.39, 0.29) is 0 Å². The van der Waals surface area contributed by atoms with Crippen LogP contribution in [-0.4, -0.2) is 9.97 Å². The average Bonchev–Trinajstić information content (AvgIpc) is 3.17. The molecule has 0 aliphatic rings. The number of hydrogen-bond donors (Lipinski definition) is 0. The van der Waals surface area contributed by atoms with Crippen LogP contribution in [0.2, 0.25) is 0 Å². The maximum atomic E-state index is 5.00. The Hall–Kier alpha value is 0.673. The molecule has 3 aromatic rings. The zero-order chi connectivity index (χ0) is 15.1. The number of rotatable bonds is 0. The minimum absolute atomic E-state index is 1.60. The van der Waals surface area contributed by atoms with E-state index >= 15 is 0 Å².